The van der Waals surface area contributed by atoms with Crippen LogP contribution in [0.2, 0.25) is 5.02 Å². The number of halogens is 1. The first-order valence-electron chi connectivity index (χ1n) is 11.6. The molecule has 33 heavy (non-hydrogen) atoms. The zero-order valence-electron chi connectivity index (χ0n) is 18.4. The van der Waals surface area contributed by atoms with Gasteiger partial charge in [-0.1, -0.05) is 42.6 Å². The minimum Gasteiger partial charge on any atom is -0.379 e. The molecular weight excluding hydrogens is 432 g/mol. The summed E-state index contributed by atoms with van der Waals surface area (Å²) in [5.41, 5.74) is 3.92. The van der Waals surface area contributed by atoms with E-state index in [1.54, 1.807) is 6.20 Å². The maximum absolute atomic E-state index is 13.0. The van der Waals surface area contributed by atoms with Gasteiger partial charge in [-0.3, -0.25) is 4.79 Å². The number of H-pyrrole nitrogens is 2. The number of anilines is 1. The van der Waals surface area contributed by atoms with E-state index in [0.717, 1.165) is 49.3 Å². The SMILES string of the molecule is CC(Nc1ccc2c(c1)c1c(=O)[nH]ccc1c1[nH]c(C3CCCC3)nc21)c1ccc(Cl)cc1. The van der Waals surface area contributed by atoms with Crippen LogP contribution in [0.4, 0.5) is 5.69 Å². The van der Waals surface area contributed by atoms with Crippen molar-refractivity contribution in [2.45, 2.75) is 44.6 Å². The number of nitrogens with one attached hydrogen (secondary N) is 3. The number of benzene rings is 3. The normalized spacial score (nSPS) is 15.6. The molecular formula is C27H25ClN4O. The van der Waals surface area contributed by atoms with Crippen LogP contribution in [0.5, 0.6) is 0 Å². The molecule has 1 aliphatic rings. The average molecular weight is 457 g/mol. The van der Waals surface area contributed by atoms with Gasteiger partial charge < -0.3 is 15.3 Å². The maximum Gasteiger partial charge on any atom is 0.256 e. The van der Waals surface area contributed by atoms with Gasteiger partial charge >= 0.3 is 0 Å². The third-order valence-corrected chi connectivity index (χ3v) is 7.24. The fourth-order valence-corrected chi connectivity index (χ4v) is 5.39. The number of pyridine rings is 1. The number of rotatable bonds is 4. The van der Waals surface area contributed by atoms with Crippen LogP contribution >= 0.6 is 11.6 Å². The predicted octanol–water partition coefficient (Wildman–Crippen LogP) is 7.04. The van der Waals surface area contributed by atoms with E-state index in [1.807, 2.05) is 30.3 Å². The molecule has 3 N–H and O–H groups in total. The van der Waals surface area contributed by atoms with Crippen molar-refractivity contribution in [2.75, 3.05) is 5.32 Å². The second kappa shape index (κ2) is 7.92. The van der Waals surface area contributed by atoms with Crippen LogP contribution < -0.4 is 10.9 Å². The monoisotopic (exact) mass is 456 g/mol. The highest BCUT2D eigenvalue weighted by atomic mass is 35.5. The standard InChI is InChI=1S/C27H25ClN4O/c1-15(16-6-8-18(28)9-7-16)30-19-10-11-20-22(14-19)23-21(12-13-29-27(23)33)25-24(20)31-26(32-25)17-4-2-3-5-17/h6-15,17,30H,2-5H2,1H3,(H,29,33)(H,31,32). The summed E-state index contributed by atoms with van der Waals surface area (Å²) in [6.45, 7) is 2.11. The van der Waals surface area contributed by atoms with Gasteiger partial charge in [0, 0.05) is 39.6 Å². The van der Waals surface area contributed by atoms with Gasteiger partial charge in [-0.25, -0.2) is 4.98 Å². The van der Waals surface area contributed by atoms with Crippen molar-refractivity contribution in [3.05, 3.63) is 81.5 Å². The highest BCUT2D eigenvalue weighted by Crippen LogP contribution is 2.38. The van der Waals surface area contributed by atoms with Crippen molar-refractivity contribution in [1.29, 1.82) is 0 Å². The Kier molecular flexibility index (Phi) is 4.88. The van der Waals surface area contributed by atoms with Crippen molar-refractivity contribution in [1.82, 2.24) is 15.0 Å². The van der Waals surface area contributed by atoms with Crippen molar-refractivity contribution in [3.8, 4) is 0 Å². The topological polar surface area (TPSA) is 73.6 Å². The van der Waals surface area contributed by atoms with Gasteiger partial charge in [0.05, 0.1) is 16.4 Å². The Morgan fingerprint density at radius 3 is 2.61 bits per heavy atom. The van der Waals surface area contributed by atoms with Crippen molar-refractivity contribution >= 4 is 49.9 Å². The molecule has 2 heterocycles. The number of nitrogens with zero attached hydrogens (tertiary/aromatic N) is 1. The summed E-state index contributed by atoms with van der Waals surface area (Å²) in [5.74, 6) is 1.53. The summed E-state index contributed by atoms with van der Waals surface area (Å²) in [5, 5.41) is 7.82. The van der Waals surface area contributed by atoms with E-state index >= 15 is 0 Å². The van der Waals surface area contributed by atoms with E-state index in [-0.39, 0.29) is 11.6 Å². The molecule has 0 bridgehead atoms. The summed E-state index contributed by atoms with van der Waals surface area (Å²) in [7, 11) is 0. The van der Waals surface area contributed by atoms with E-state index < -0.39 is 0 Å². The molecule has 1 atom stereocenters. The minimum atomic E-state index is -0.0840. The molecule has 0 saturated heterocycles. The summed E-state index contributed by atoms with van der Waals surface area (Å²) in [4.78, 5) is 24.5. The zero-order chi connectivity index (χ0) is 22.5. The largest absolute Gasteiger partial charge is 0.379 e. The molecule has 1 fully saturated rings. The van der Waals surface area contributed by atoms with Crippen LogP contribution in [0, 0.1) is 0 Å². The van der Waals surface area contributed by atoms with Gasteiger partial charge in [-0.05, 0) is 61.0 Å². The number of aromatic amines is 2. The van der Waals surface area contributed by atoms with Crippen LogP contribution in [-0.4, -0.2) is 15.0 Å². The molecule has 1 saturated carbocycles. The molecule has 6 heteroatoms. The lowest BCUT2D eigenvalue weighted by Crippen LogP contribution is -2.07. The molecule has 1 unspecified atom stereocenters. The third-order valence-electron chi connectivity index (χ3n) is 6.99. The fraction of sp³-hybridized carbons (Fsp3) is 0.259. The van der Waals surface area contributed by atoms with Crippen LogP contribution in [0.1, 0.15) is 56.0 Å². The molecule has 5 nitrogen and oxygen atoms in total. The third kappa shape index (κ3) is 3.47. The second-order valence-electron chi connectivity index (χ2n) is 9.10. The van der Waals surface area contributed by atoms with Gasteiger partial charge in [0.25, 0.3) is 5.56 Å². The Morgan fingerprint density at radius 2 is 1.82 bits per heavy atom. The Morgan fingerprint density at radius 1 is 1.03 bits per heavy atom. The lowest BCUT2D eigenvalue weighted by molar-refractivity contribution is 0.681. The Balaban J connectivity index is 1.51. The molecule has 5 aromatic rings. The highest BCUT2D eigenvalue weighted by molar-refractivity contribution is 6.30. The Hall–Kier alpha value is -3.31. The zero-order valence-corrected chi connectivity index (χ0v) is 19.2. The van der Waals surface area contributed by atoms with E-state index in [2.05, 4.69) is 40.4 Å². The fourth-order valence-electron chi connectivity index (χ4n) is 5.26. The molecule has 3 aromatic carbocycles. The van der Waals surface area contributed by atoms with Crippen molar-refractivity contribution < 1.29 is 0 Å². The van der Waals surface area contributed by atoms with Gasteiger partial charge in [-0.2, -0.15) is 0 Å². The summed E-state index contributed by atoms with van der Waals surface area (Å²) in [6, 6.07) is 16.2. The van der Waals surface area contributed by atoms with Crippen molar-refractivity contribution in [2.24, 2.45) is 0 Å². The lowest BCUT2D eigenvalue weighted by Gasteiger charge is -2.17. The highest BCUT2D eigenvalue weighted by Gasteiger charge is 2.22. The van der Waals surface area contributed by atoms with E-state index in [0.29, 0.717) is 11.3 Å². The summed E-state index contributed by atoms with van der Waals surface area (Å²) >= 11 is 6.04. The first-order chi connectivity index (χ1) is 16.1. The lowest BCUT2D eigenvalue weighted by atomic mass is 10.0. The number of fused-ring (bicyclic) bond motifs is 6. The van der Waals surface area contributed by atoms with Crippen LogP contribution in [0.3, 0.4) is 0 Å². The minimum absolute atomic E-state index is 0.0840. The molecule has 1 aliphatic carbocycles. The van der Waals surface area contributed by atoms with Crippen LogP contribution in [0.15, 0.2) is 59.5 Å². The van der Waals surface area contributed by atoms with Gasteiger partial charge in [0.1, 0.15) is 5.82 Å². The quantitative estimate of drug-likeness (QED) is 0.254. The second-order valence-corrected chi connectivity index (χ2v) is 9.54. The number of hydrogen-bond acceptors (Lipinski definition) is 3. The first kappa shape index (κ1) is 20.3. The number of hydrogen-bond donors (Lipinski definition) is 3. The molecule has 166 valence electrons. The Labute approximate surface area is 196 Å². The van der Waals surface area contributed by atoms with Gasteiger partial charge in [0.2, 0.25) is 0 Å². The van der Waals surface area contributed by atoms with E-state index in [9.17, 15) is 4.79 Å². The molecule has 0 aliphatic heterocycles. The molecule has 0 spiro atoms. The van der Waals surface area contributed by atoms with Crippen LogP contribution in [-0.2, 0) is 0 Å². The van der Waals surface area contributed by atoms with E-state index in [1.165, 1.54) is 25.7 Å². The summed E-state index contributed by atoms with van der Waals surface area (Å²) in [6.07, 6.45) is 6.57. The molecule has 6 rings (SSSR count). The molecule has 2 aromatic heterocycles. The Bertz CT molecular complexity index is 1540. The number of aromatic nitrogens is 3. The molecule has 0 amide bonds. The smallest absolute Gasteiger partial charge is 0.256 e. The van der Waals surface area contributed by atoms with Crippen molar-refractivity contribution in [3.63, 3.8) is 0 Å². The number of imidazole rings is 1. The predicted molar refractivity (Wildman–Crippen MR) is 136 cm³/mol. The van der Waals surface area contributed by atoms with Gasteiger partial charge in [0.15, 0.2) is 0 Å². The van der Waals surface area contributed by atoms with E-state index in [4.69, 9.17) is 16.6 Å². The maximum atomic E-state index is 13.0. The summed E-state index contributed by atoms with van der Waals surface area (Å²) < 4.78 is 0. The molecule has 0 radical (unpaired) electrons. The average Bonchev–Trinajstić information content (AvgIpc) is 3.50. The van der Waals surface area contributed by atoms with Crippen LogP contribution in [0.25, 0.3) is 32.6 Å². The van der Waals surface area contributed by atoms with Gasteiger partial charge in [-0.15, -0.1) is 0 Å². The first-order valence-corrected chi connectivity index (χ1v) is 11.9.